The number of pyridine rings is 1. The molecule has 82 valence electrons. The third kappa shape index (κ3) is 3.18. The minimum absolute atomic E-state index is 0.670. The summed E-state index contributed by atoms with van der Waals surface area (Å²) in [5.41, 5.74) is 1.16. The van der Waals surface area contributed by atoms with E-state index in [-0.39, 0.29) is 0 Å². The summed E-state index contributed by atoms with van der Waals surface area (Å²) in [5.74, 6) is 1.46. The number of likely N-dealkylation sites (tertiary alicyclic amines) is 1. The fraction of sp³-hybridized carbons (Fsp3) is 0.583. The first kappa shape index (κ1) is 10.9. The van der Waals surface area contributed by atoms with Crippen molar-refractivity contribution in [3.8, 4) is 0 Å². The van der Waals surface area contributed by atoms with Gasteiger partial charge >= 0.3 is 0 Å². The maximum atomic E-state index is 5.91. The van der Waals surface area contributed by atoms with Crippen LogP contribution in [0.5, 0.6) is 0 Å². The van der Waals surface area contributed by atoms with E-state index < -0.39 is 0 Å². The summed E-state index contributed by atoms with van der Waals surface area (Å²) in [5, 5.41) is 0. The van der Waals surface area contributed by atoms with Gasteiger partial charge in [-0.1, -0.05) is 6.07 Å². The zero-order valence-electron chi connectivity index (χ0n) is 8.90. The van der Waals surface area contributed by atoms with E-state index in [4.69, 9.17) is 11.6 Å². The number of alkyl halides is 1. The molecule has 1 fully saturated rings. The molecule has 0 saturated carbocycles. The van der Waals surface area contributed by atoms with Gasteiger partial charge in [-0.05, 0) is 37.4 Å². The predicted molar refractivity (Wildman–Crippen MR) is 63.0 cm³/mol. The number of aromatic nitrogens is 1. The molecule has 0 radical (unpaired) electrons. The number of rotatable bonds is 3. The van der Waals surface area contributed by atoms with Crippen LogP contribution in [0.4, 0.5) is 0 Å². The molecule has 1 unspecified atom stereocenters. The Labute approximate surface area is 96.3 Å². The highest BCUT2D eigenvalue weighted by atomic mass is 35.5. The number of piperidine rings is 1. The number of hydrogen-bond donors (Lipinski definition) is 0. The van der Waals surface area contributed by atoms with Crippen LogP contribution in [-0.2, 0) is 6.54 Å². The van der Waals surface area contributed by atoms with Gasteiger partial charge in [0.05, 0.1) is 5.69 Å². The van der Waals surface area contributed by atoms with Crippen LogP contribution in [0.15, 0.2) is 24.4 Å². The summed E-state index contributed by atoms with van der Waals surface area (Å²) in [7, 11) is 0. The van der Waals surface area contributed by atoms with Crippen LogP contribution in [0, 0.1) is 5.92 Å². The van der Waals surface area contributed by atoms with Gasteiger partial charge in [0, 0.05) is 25.2 Å². The van der Waals surface area contributed by atoms with Gasteiger partial charge in [0.15, 0.2) is 0 Å². The summed E-state index contributed by atoms with van der Waals surface area (Å²) in [6.07, 6.45) is 4.41. The fourth-order valence-corrected chi connectivity index (χ4v) is 2.39. The molecular formula is C12H17ClN2. The van der Waals surface area contributed by atoms with E-state index in [2.05, 4.69) is 16.0 Å². The van der Waals surface area contributed by atoms with Crippen molar-refractivity contribution in [1.29, 1.82) is 0 Å². The van der Waals surface area contributed by atoms with Crippen molar-refractivity contribution in [2.75, 3.05) is 19.0 Å². The fourth-order valence-electron chi connectivity index (χ4n) is 2.14. The Bertz CT molecular complexity index is 289. The highest BCUT2D eigenvalue weighted by molar-refractivity contribution is 6.18. The van der Waals surface area contributed by atoms with Crippen LogP contribution in [-0.4, -0.2) is 28.9 Å². The Morgan fingerprint density at radius 1 is 1.47 bits per heavy atom. The number of nitrogens with zero attached hydrogens (tertiary/aromatic N) is 2. The largest absolute Gasteiger partial charge is 0.297 e. The zero-order chi connectivity index (χ0) is 10.5. The first-order valence-electron chi connectivity index (χ1n) is 5.56. The average molecular weight is 225 g/mol. The molecule has 2 heterocycles. The molecule has 1 saturated heterocycles. The maximum Gasteiger partial charge on any atom is 0.0543 e. The lowest BCUT2D eigenvalue weighted by atomic mass is 10.00. The van der Waals surface area contributed by atoms with Crippen molar-refractivity contribution >= 4 is 11.6 Å². The molecule has 0 N–H and O–H groups in total. The summed E-state index contributed by atoms with van der Waals surface area (Å²) in [6.45, 7) is 3.28. The summed E-state index contributed by atoms with van der Waals surface area (Å²) in [4.78, 5) is 6.81. The van der Waals surface area contributed by atoms with Gasteiger partial charge in [0.1, 0.15) is 0 Å². The van der Waals surface area contributed by atoms with Gasteiger partial charge in [-0.25, -0.2) is 0 Å². The lowest BCUT2D eigenvalue weighted by Crippen LogP contribution is -2.35. The SMILES string of the molecule is ClCC1CCCN(Cc2ccccn2)C1. The van der Waals surface area contributed by atoms with Crippen molar-refractivity contribution in [2.24, 2.45) is 5.92 Å². The van der Waals surface area contributed by atoms with Gasteiger partial charge in [-0.2, -0.15) is 0 Å². The van der Waals surface area contributed by atoms with E-state index in [0.29, 0.717) is 5.92 Å². The van der Waals surface area contributed by atoms with Gasteiger partial charge in [0.25, 0.3) is 0 Å². The molecule has 2 rings (SSSR count). The second-order valence-corrected chi connectivity index (χ2v) is 4.53. The molecule has 1 aromatic rings. The van der Waals surface area contributed by atoms with Gasteiger partial charge in [0.2, 0.25) is 0 Å². The molecule has 0 bridgehead atoms. The normalized spacial score (nSPS) is 22.9. The highest BCUT2D eigenvalue weighted by Gasteiger charge is 2.19. The molecule has 0 aliphatic carbocycles. The van der Waals surface area contributed by atoms with E-state index in [1.807, 2.05) is 18.3 Å². The van der Waals surface area contributed by atoms with Crippen LogP contribution in [0.1, 0.15) is 18.5 Å². The Balaban J connectivity index is 1.89. The maximum absolute atomic E-state index is 5.91. The molecule has 15 heavy (non-hydrogen) atoms. The molecule has 0 aromatic carbocycles. The van der Waals surface area contributed by atoms with E-state index in [1.54, 1.807) is 0 Å². The standard InChI is InChI=1S/C12H17ClN2/c13-8-11-4-3-7-15(9-11)10-12-5-1-2-6-14-12/h1-2,5-6,11H,3-4,7-10H2. The van der Waals surface area contributed by atoms with Crippen LogP contribution in [0.25, 0.3) is 0 Å². The van der Waals surface area contributed by atoms with Crippen molar-refractivity contribution in [2.45, 2.75) is 19.4 Å². The molecule has 1 aromatic heterocycles. The molecule has 0 spiro atoms. The third-order valence-electron chi connectivity index (χ3n) is 2.93. The Morgan fingerprint density at radius 3 is 3.13 bits per heavy atom. The molecule has 3 heteroatoms. The third-order valence-corrected chi connectivity index (χ3v) is 3.37. The molecule has 0 amide bonds. The van der Waals surface area contributed by atoms with Gasteiger partial charge in [-0.15, -0.1) is 11.6 Å². The van der Waals surface area contributed by atoms with Crippen LogP contribution >= 0.6 is 11.6 Å². The lowest BCUT2D eigenvalue weighted by molar-refractivity contribution is 0.176. The highest BCUT2D eigenvalue weighted by Crippen LogP contribution is 2.18. The molecule has 1 aliphatic heterocycles. The summed E-state index contributed by atoms with van der Waals surface area (Å²) in [6, 6.07) is 6.09. The second kappa shape index (κ2) is 5.47. The minimum atomic E-state index is 0.670. The smallest absolute Gasteiger partial charge is 0.0543 e. The number of halogens is 1. The van der Waals surface area contributed by atoms with Gasteiger partial charge < -0.3 is 0 Å². The van der Waals surface area contributed by atoms with E-state index in [9.17, 15) is 0 Å². The van der Waals surface area contributed by atoms with Crippen molar-refractivity contribution in [1.82, 2.24) is 9.88 Å². The quantitative estimate of drug-likeness (QED) is 0.734. The summed E-state index contributed by atoms with van der Waals surface area (Å²) < 4.78 is 0. The van der Waals surface area contributed by atoms with Crippen molar-refractivity contribution < 1.29 is 0 Å². The first-order chi connectivity index (χ1) is 7.38. The molecule has 1 atom stereocenters. The predicted octanol–water partition coefficient (Wildman–Crippen LogP) is 2.53. The Morgan fingerprint density at radius 2 is 2.40 bits per heavy atom. The van der Waals surface area contributed by atoms with E-state index in [0.717, 1.165) is 24.7 Å². The topological polar surface area (TPSA) is 16.1 Å². The van der Waals surface area contributed by atoms with Crippen LogP contribution in [0.2, 0.25) is 0 Å². The van der Waals surface area contributed by atoms with Gasteiger partial charge in [-0.3, -0.25) is 9.88 Å². The Hall–Kier alpha value is -0.600. The average Bonchev–Trinajstić information content (AvgIpc) is 2.31. The van der Waals surface area contributed by atoms with E-state index >= 15 is 0 Å². The van der Waals surface area contributed by atoms with Crippen LogP contribution < -0.4 is 0 Å². The number of hydrogen-bond acceptors (Lipinski definition) is 2. The zero-order valence-corrected chi connectivity index (χ0v) is 9.66. The monoisotopic (exact) mass is 224 g/mol. The van der Waals surface area contributed by atoms with Crippen LogP contribution in [0.3, 0.4) is 0 Å². The molecular weight excluding hydrogens is 208 g/mol. The molecule has 2 nitrogen and oxygen atoms in total. The second-order valence-electron chi connectivity index (χ2n) is 4.22. The van der Waals surface area contributed by atoms with Crippen molar-refractivity contribution in [3.05, 3.63) is 30.1 Å². The molecule has 1 aliphatic rings. The summed E-state index contributed by atoms with van der Waals surface area (Å²) >= 11 is 5.91. The van der Waals surface area contributed by atoms with Crippen molar-refractivity contribution in [3.63, 3.8) is 0 Å². The van der Waals surface area contributed by atoms with E-state index in [1.165, 1.54) is 19.4 Å². The first-order valence-corrected chi connectivity index (χ1v) is 6.10. The lowest BCUT2D eigenvalue weighted by Gasteiger charge is -2.31. The Kier molecular flexibility index (Phi) is 3.98. The minimum Gasteiger partial charge on any atom is -0.297 e.